The van der Waals surface area contributed by atoms with Gasteiger partial charge in [0.25, 0.3) is 0 Å². The molecule has 16 heavy (non-hydrogen) atoms. The van der Waals surface area contributed by atoms with E-state index in [0.29, 0.717) is 13.0 Å². The van der Waals surface area contributed by atoms with Crippen molar-refractivity contribution < 1.29 is 14.7 Å². The lowest BCUT2D eigenvalue weighted by atomic mass is 10.2. The minimum atomic E-state index is -0.990. The Labute approximate surface area is 96.8 Å². The lowest BCUT2D eigenvalue weighted by Gasteiger charge is -2.27. The van der Waals surface area contributed by atoms with Gasteiger partial charge in [0.15, 0.2) is 0 Å². The second-order valence-corrected chi connectivity index (χ2v) is 4.04. The van der Waals surface area contributed by atoms with Crippen molar-refractivity contribution in [2.24, 2.45) is 0 Å². The summed E-state index contributed by atoms with van der Waals surface area (Å²) in [4.78, 5) is 24.2. The standard InChI is InChI=1S/C11H22N2O3/c1-5-7-13(8(3)4)11(16)12-9(6-2)10(14)15/h8-9H,5-7H2,1-4H3,(H,12,16)(H,14,15)/t9-/m0/s1. The summed E-state index contributed by atoms with van der Waals surface area (Å²) in [7, 11) is 0. The fraction of sp³-hybridized carbons (Fsp3) is 0.818. The first-order valence-electron chi connectivity index (χ1n) is 5.73. The van der Waals surface area contributed by atoms with Crippen molar-refractivity contribution in [3.63, 3.8) is 0 Å². The quantitative estimate of drug-likeness (QED) is 0.729. The van der Waals surface area contributed by atoms with Gasteiger partial charge in [-0.2, -0.15) is 0 Å². The molecule has 94 valence electrons. The van der Waals surface area contributed by atoms with Gasteiger partial charge in [0.2, 0.25) is 0 Å². The summed E-state index contributed by atoms with van der Waals surface area (Å²) in [5.41, 5.74) is 0. The number of nitrogens with one attached hydrogen (secondary N) is 1. The van der Waals surface area contributed by atoms with E-state index >= 15 is 0 Å². The molecule has 5 heteroatoms. The van der Waals surface area contributed by atoms with Gasteiger partial charge >= 0.3 is 12.0 Å². The summed E-state index contributed by atoms with van der Waals surface area (Å²) in [6.45, 7) is 8.18. The van der Waals surface area contributed by atoms with E-state index in [9.17, 15) is 9.59 Å². The maximum atomic E-state index is 11.8. The predicted octanol–water partition coefficient (Wildman–Crippen LogP) is 1.68. The average molecular weight is 230 g/mol. The van der Waals surface area contributed by atoms with E-state index in [1.54, 1.807) is 11.8 Å². The summed E-state index contributed by atoms with van der Waals surface area (Å²) >= 11 is 0. The van der Waals surface area contributed by atoms with Gasteiger partial charge in [-0.3, -0.25) is 0 Å². The van der Waals surface area contributed by atoms with Crippen LogP contribution in [0.3, 0.4) is 0 Å². The third kappa shape index (κ3) is 4.51. The van der Waals surface area contributed by atoms with E-state index in [4.69, 9.17) is 5.11 Å². The topological polar surface area (TPSA) is 69.6 Å². The molecule has 0 rings (SSSR count). The number of carbonyl (C=O) groups excluding carboxylic acids is 1. The Morgan fingerprint density at radius 3 is 2.19 bits per heavy atom. The number of hydrogen-bond donors (Lipinski definition) is 2. The van der Waals surface area contributed by atoms with Crippen LogP contribution in [0.2, 0.25) is 0 Å². The predicted molar refractivity (Wildman–Crippen MR) is 62.4 cm³/mol. The molecule has 0 aliphatic carbocycles. The zero-order valence-corrected chi connectivity index (χ0v) is 10.5. The molecule has 0 saturated heterocycles. The number of carboxylic acids is 1. The molecule has 0 aliphatic heterocycles. The molecule has 0 radical (unpaired) electrons. The lowest BCUT2D eigenvalue weighted by molar-refractivity contribution is -0.139. The average Bonchev–Trinajstić information content (AvgIpc) is 2.21. The number of urea groups is 1. The van der Waals surface area contributed by atoms with Crippen molar-refractivity contribution in [1.29, 1.82) is 0 Å². The van der Waals surface area contributed by atoms with Gasteiger partial charge in [0.05, 0.1) is 0 Å². The fourth-order valence-electron chi connectivity index (χ4n) is 1.41. The van der Waals surface area contributed by atoms with Crippen LogP contribution in [-0.4, -0.2) is 40.6 Å². The molecule has 0 aromatic rings. The maximum Gasteiger partial charge on any atom is 0.326 e. The third-order valence-electron chi connectivity index (χ3n) is 2.35. The molecule has 0 heterocycles. The number of aliphatic carboxylic acids is 1. The molecule has 2 amide bonds. The minimum Gasteiger partial charge on any atom is -0.480 e. The van der Waals surface area contributed by atoms with Crippen LogP contribution in [0.4, 0.5) is 4.79 Å². The number of carbonyl (C=O) groups is 2. The maximum absolute atomic E-state index is 11.8. The van der Waals surface area contributed by atoms with E-state index in [2.05, 4.69) is 5.32 Å². The highest BCUT2D eigenvalue weighted by Gasteiger charge is 2.22. The largest absolute Gasteiger partial charge is 0.480 e. The zero-order chi connectivity index (χ0) is 12.7. The molecular weight excluding hydrogens is 208 g/mol. The van der Waals surface area contributed by atoms with Crippen molar-refractivity contribution >= 4 is 12.0 Å². The molecule has 0 saturated carbocycles. The van der Waals surface area contributed by atoms with Crippen molar-refractivity contribution in [1.82, 2.24) is 10.2 Å². The van der Waals surface area contributed by atoms with Gasteiger partial charge < -0.3 is 15.3 Å². The Bertz CT molecular complexity index is 241. The number of rotatable bonds is 6. The molecule has 0 aromatic heterocycles. The van der Waals surface area contributed by atoms with Gasteiger partial charge in [0, 0.05) is 12.6 Å². The third-order valence-corrected chi connectivity index (χ3v) is 2.35. The molecule has 0 fully saturated rings. The van der Waals surface area contributed by atoms with Crippen molar-refractivity contribution in [2.45, 2.75) is 52.6 Å². The summed E-state index contributed by atoms with van der Waals surface area (Å²) < 4.78 is 0. The van der Waals surface area contributed by atoms with Crippen LogP contribution in [-0.2, 0) is 4.79 Å². The van der Waals surface area contributed by atoms with Crippen LogP contribution < -0.4 is 5.32 Å². The number of hydrogen-bond acceptors (Lipinski definition) is 2. The number of carboxylic acid groups (broad SMARTS) is 1. The van der Waals surface area contributed by atoms with Crippen molar-refractivity contribution in [3.05, 3.63) is 0 Å². The monoisotopic (exact) mass is 230 g/mol. The molecule has 0 bridgehead atoms. The fourth-order valence-corrected chi connectivity index (χ4v) is 1.41. The van der Waals surface area contributed by atoms with Crippen LogP contribution in [0.25, 0.3) is 0 Å². The van der Waals surface area contributed by atoms with Gasteiger partial charge in [-0.15, -0.1) is 0 Å². The Hall–Kier alpha value is -1.26. The Morgan fingerprint density at radius 2 is 1.88 bits per heavy atom. The van der Waals surface area contributed by atoms with E-state index in [1.807, 2.05) is 20.8 Å². The first kappa shape index (κ1) is 14.7. The highest BCUT2D eigenvalue weighted by atomic mass is 16.4. The molecule has 1 atom stereocenters. The Balaban J connectivity index is 4.44. The van der Waals surface area contributed by atoms with Crippen molar-refractivity contribution in [2.75, 3.05) is 6.54 Å². The molecule has 5 nitrogen and oxygen atoms in total. The Kier molecular flexibility index (Phi) is 6.53. The number of nitrogens with zero attached hydrogens (tertiary/aromatic N) is 1. The first-order valence-corrected chi connectivity index (χ1v) is 5.73. The highest BCUT2D eigenvalue weighted by Crippen LogP contribution is 2.02. The Morgan fingerprint density at radius 1 is 1.31 bits per heavy atom. The minimum absolute atomic E-state index is 0.0752. The van der Waals surface area contributed by atoms with Crippen LogP contribution >= 0.6 is 0 Å². The van der Waals surface area contributed by atoms with Gasteiger partial charge in [0.1, 0.15) is 6.04 Å². The van der Waals surface area contributed by atoms with Crippen LogP contribution in [0.1, 0.15) is 40.5 Å². The van der Waals surface area contributed by atoms with Crippen LogP contribution in [0.5, 0.6) is 0 Å². The van der Waals surface area contributed by atoms with Crippen molar-refractivity contribution in [3.8, 4) is 0 Å². The van der Waals surface area contributed by atoms with E-state index in [-0.39, 0.29) is 12.1 Å². The molecule has 2 N–H and O–H groups in total. The molecule has 0 unspecified atom stereocenters. The van der Waals surface area contributed by atoms with E-state index in [1.165, 1.54) is 0 Å². The summed E-state index contributed by atoms with van der Waals surface area (Å²) in [6.07, 6.45) is 1.24. The second-order valence-electron chi connectivity index (χ2n) is 4.04. The van der Waals surface area contributed by atoms with E-state index in [0.717, 1.165) is 6.42 Å². The van der Waals surface area contributed by atoms with Crippen LogP contribution in [0.15, 0.2) is 0 Å². The lowest BCUT2D eigenvalue weighted by Crippen LogP contribution is -2.50. The molecule has 0 aromatic carbocycles. The zero-order valence-electron chi connectivity index (χ0n) is 10.5. The first-order chi connectivity index (χ1) is 7.43. The SMILES string of the molecule is CCCN(C(=O)N[C@@H](CC)C(=O)O)C(C)C. The normalized spacial score (nSPS) is 12.3. The molecule has 0 spiro atoms. The smallest absolute Gasteiger partial charge is 0.326 e. The van der Waals surface area contributed by atoms with Gasteiger partial charge in [-0.1, -0.05) is 13.8 Å². The number of amides is 2. The van der Waals surface area contributed by atoms with E-state index < -0.39 is 12.0 Å². The molecule has 0 aliphatic rings. The van der Waals surface area contributed by atoms with Gasteiger partial charge in [-0.25, -0.2) is 9.59 Å². The molecular formula is C11H22N2O3. The van der Waals surface area contributed by atoms with Crippen LogP contribution in [0, 0.1) is 0 Å². The highest BCUT2D eigenvalue weighted by molar-refractivity contribution is 5.82. The summed E-state index contributed by atoms with van der Waals surface area (Å²) in [6, 6.07) is -1.03. The van der Waals surface area contributed by atoms with Gasteiger partial charge in [-0.05, 0) is 26.7 Å². The summed E-state index contributed by atoms with van der Waals surface area (Å²) in [5.74, 6) is -0.990. The second kappa shape index (κ2) is 7.09. The summed E-state index contributed by atoms with van der Waals surface area (Å²) in [5, 5.41) is 11.4.